The molecule has 0 aromatic carbocycles. The standard InChI is InChI=1S/C10H17NO2/c1-8(2)5-11-4-3-10(9(11)12)6-13-7-10/h8H,3-7H2,1-2H3. The van der Waals surface area contributed by atoms with E-state index in [4.69, 9.17) is 4.74 Å². The van der Waals surface area contributed by atoms with Crippen LogP contribution in [0.4, 0.5) is 0 Å². The summed E-state index contributed by atoms with van der Waals surface area (Å²) in [5, 5.41) is 0. The van der Waals surface area contributed by atoms with E-state index in [1.165, 1.54) is 0 Å². The number of hydrogen-bond acceptors (Lipinski definition) is 2. The van der Waals surface area contributed by atoms with Crippen LogP contribution in [0.2, 0.25) is 0 Å². The monoisotopic (exact) mass is 183 g/mol. The highest BCUT2D eigenvalue weighted by atomic mass is 16.5. The smallest absolute Gasteiger partial charge is 0.233 e. The van der Waals surface area contributed by atoms with E-state index in [0.29, 0.717) is 25.0 Å². The Kier molecular flexibility index (Phi) is 2.06. The van der Waals surface area contributed by atoms with Gasteiger partial charge in [-0.2, -0.15) is 0 Å². The molecule has 2 aliphatic heterocycles. The van der Waals surface area contributed by atoms with Crippen molar-refractivity contribution in [2.75, 3.05) is 26.3 Å². The number of hydrogen-bond donors (Lipinski definition) is 0. The minimum atomic E-state index is -0.102. The van der Waals surface area contributed by atoms with E-state index in [2.05, 4.69) is 13.8 Å². The van der Waals surface area contributed by atoms with Crippen LogP contribution in [0.5, 0.6) is 0 Å². The van der Waals surface area contributed by atoms with Crippen molar-refractivity contribution in [3.8, 4) is 0 Å². The second-order valence-electron chi connectivity index (χ2n) is 4.67. The maximum Gasteiger partial charge on any atom is 0.233 e. The van der Waals surface area contributed by atoms with E-state index in [9.17, 15) is 4.79 Å². The van der Waals surface area contributed by atoms with Crippen molar-refractivity contribution in [1.82, 2.24) is 4.90 Å². The number of carbonyl (C=O) groups is 1. The molecule has 0 saturated carbocycles. The summed E-state index contributed by atoms with van der Waals surface area (Å²) < 4.78 is 5.14. The number of carbonyl (C=O) groups excluding carboxylic acids is 1. The summed E-state index contributed by atoms with van der Waals surface area (Å²) in [6.45, 7) is 7.44. The van der Waals surface area contributed by atoms with Gasteiger partial charge in [0.1, 0.15) is 0 Å². The van der Waals surface area contributed by atoms with E-state index in [0.717, 1.165) is 19.5 Å². The first kappa shape index (κ1) is 9.00. The SMILES string of the molecule is CC(C)CN1CCC2(COC2)C1=O. The Hall–Kier alpha value is -0.570. The van der Waals surface area contributed by atoms with Gasteiger partial charge in [-0.15, -0.1) is 0 Å². The molecule has 13 heavy (non-hydrogen) atoms. The molecule has 74 valence electrons. The lowest BCUT2D eigenvalue weighted by Gasteiger charge is -2.36. The van der Waals surface area contributed by atoms with E-state index < -0.39 is 0 Å². The fourth-order valence-electron chi connectivity index (χ4n) is 2.12. The molecule has 2 rings (SSSR count). The van der Waals surface area contributed by atoms with Crippen molar-refractivity contribution >= 4 is 5.91 Å². The average Bonchev–Trinajstić information content (AvgIpc) is 2.27. The van der Waals surface area contributed by atoms with Gasteiger partial charge in [0.2, 0.25) is 5.91 Å². The van der Waals surface area contributed by atoms with Gasteiger partial charge in [0, 0.05) is 13.1 Å². The number of rotatable bonds is 2. The van der Waals surface area contributed by atoms with Crippen molar-refractivity contribution in [3.05, 3.63) is 0 Å². The highest BCUT2D eigenvalue weighted by Gasteiger charge is 2.51. The van der Waals surface area contributed by atoms with E-state index in [-0.39, 0.29) is 5.41 Å². The molecule has 0 aromatic heterocycles. The highest BCUT2D eigenvalue weighted by Crippen LogP contribution is 2.38. The summed E-state index contributed by atoms with van der Waals surface area (Å²) >= 11 is 0. The Bertz CT molecular complexity index is 221. The van der Waals surface area contributed by atoms with E-state index in [1.807, 2.05) is 4.90 Å². The molecular weight excluding hydrogens is 166 g/mol. The van der Waals surface area contributed by atoms with Crippen LogP contribution in [-0.4, -0.2) is 37.1 Å². The lowest BCUT2D eigenvalue weighted by molar-refractivity contribution is -0.161. The molecule has 3 heteroatoms. The van der Waals surface area contributed by atoms with Crippen molar-refractivity contribution in [1.29, 1.82) is 0 Å². The lowest BCUT2D eigenvalue weighted by Crippen LogP contribution is -2.49. The van der Waals surface area contributed by atoms with Crippen LogP contribution >= 0.6 is 0 Å². The van der Waals surface area contributed by atoms with Crippen LogP contribution in [-0.2, 0) is 9.53 Å². The van der Waals surface area contributed by atoms with Crippen LogP contribution in [0, 0.1) is 11.3 Å². The Morgan fingerprint density at radius 3 is 2.62 bits per heavy atom. The van der Waals surface area contributed by atoms with E-state index in [1.54, 1.807) is 0 Å². The summed E-state index contributed by atoms with van der Waals surface area (Å²) in [4.78, 5) is 13.9. The largest absolute Gasteiger partial charge is 0.379 e. The predicted octanol–water partition coefficient (Wildman–Crippen LogP) is 0.891. The lowest BCUT2D eigenvalue weighted by atomic mass is 9.84. The molecule has 2 heterocycles. The second kappa shape index (κ2) is 2.98. The number of ether oxygens (including phenoxy) is 1. The molecule has 0 aromatic rings. The van der Waals surface area contributed by atoms with Gasteiger partial charge in [-0.3, -0.25) is 4.79 Å². The quantitative estimate of drug-likeness (QED) is 0.636. The Labute approximate surface area is 79.0 Å². The van der Waals surface area contributed by atoms with Crippen LogP contribution in [0.25, 0.3) is 0 Å². The molecule has 2 saturated heterocycles. The molecule has 1 spiro atoms. The number of likely N-dealkylation sites (tertiary alicyclic amines) is 1. The minimum Gasteiger partial charge on any atom is -0.379 e. The van der Waals surface area contributed by atoms with Crippen LogP contribution in [0.15, 0.2) is 0 Å². The highest BCUT2D eigenvalue weighted by molar-refractivity contribution is 5.85. The zero-order valence-electron chi connectivity index (χ0n) is 8.38. The molecule has 0 N–H and O–H groups in total. The molecule has 0 bridgehead atoms. The van der Waals surface area contributed by atoms with Crippen LogP contribution < -0.4 is 0 Å². The minimum absolute atomic E-state index is 0.102. The molecule has 0 radical (unpaired) electrons. The molecule has 0 aliphatic carbocycles. The first-order chi connectivity index (χ1) is 6.14. The van der Waals surface area contributed by atoms with Gasteiger partial charge in [0.25, 0.3) is 0 Å². The average molecular weight is 183 g/mol. The summed E-state index contributed by atoms with van der Waals surface area (Å²) in [6.07, 6.45) is 0.999. The normalized spacial score (nSPS) is 25.8. The van der Waals surface area contributed by atoms with Crippen LogP contribution in [0.1, 0.15) is 20.3 Å². The van der Waals surface area contributed by atoms with Crippen LogP contribution in [0.3, 0.4) is 0 Å². The summed E-state index contributed by atoms with van der Waals surface area (Å²) in [7, 11) is 0. The molecule has 0 atom stereocenters. The first-order valence-corrected chi connectivity index (χ1v) is 5.01. The van der Waals surface area contributed by atoms with Crippen molar-refractivity contribution in [3.63, 3.8) is 0 Å². The van der Waals surface area contributed by atoms with Crippen molar-refractivity contribution < 1.29 is 9.53 Å². The van der Waals surface area contributed by atoms with Gasteiger partial charge in [-0.05, 0) is 12.3 Å². The summed E-state index contributed by atoms with van der Waals surface area (Å²) in [5.41, 5.74) is -0.102. The number of amides is 1. The second-order valence-corrected chi connectivity index (χ2v) is 4.67. The third-order valence-corrected chi connectivity index (χ3v) is 2.94. The third kappa shape index (κ3) is 1.35. The maximum absolute atomic E-state index is 11.9. The van der Waals surface area contributed by atoms with Crippen molar-refractivity contribution in [2.24, 2.45) is 11.3 Å². The third-order valence-electron chi connectivity index (χ3n) is 2.94. The van der Waals surface area contributed by atoms with Gasteiger partial charge in [-0.1, -0.05) is 13.8 Å². The molecule has 1 amide bonds. The topological polar surface area (TPSA) is 29.5 Å². The Balaban J connectivity index is 1.99. The molecule has 2 aliphatic rings. The van der Waals surface area contributed by atoms with E-state index >= 15 is 0 Å². The fourth-order valence-corrected chi connectivity index (χ4v) is 2.12. The summed E-state index contributed by atoms with van der Waals surface area (Å²) in [5.74, 6) is 0.896. The zero-order chi connectivity index (χ0) is 9.47. The molecule has 3 nitrogen and oxygen atoms in total. The molecular formula is C10H17NO2. The van der Waals surface area contributed by atoms with Gasteiger partial charge in [0.15, 0.2) is 0 Å². The maximum atomic E-state index is 11.9. The first-order valence-electron chi connectivity index (χ1n) is 5.01. The predicted molar refractivity (Wildman–Crippen MR) is 49.3 cm³/mol. The van der Waals surface area contributed by atoms with Gasteiger partial charge < -0.3 is 9.64 Å². The van der Waals surface area contributed by atoms with Gasteiger partial charge >= 0.3 is 0 Å². The van der Waals surface area contributed by atoms with Gasteiger partial charge in [-0.25, -0.2) is 0 Å². The Morgan fingerprint density at radius 1 is 1.54 bits per heavy atom. The Morgan fingerprint density at radius 2 is 2.23 bits per heavy atom. The van der Waals surface area contributed by atoms with Gasteiger partial charge in [0.05, 0.1) is 18.6 Å². The fraction of sp³-hybridized carbons (Fsp3) is 0.900. The van der Waals surface area contributed by atoms with Crippen molar-refractivity contribution in [2.45, 2.75) is 20.3 Å². The summed E-state index contributed by atoms with van der Waals surface area (Å²) in [6, 6.07) is 0. The molecule has 0 unspecified atom stereocenters. The zero-order valence-corrected chi connectivity index (χ0v) is 8.38. The number of nitrogens with zero attached hydrogens (tertiary/aromatic N) is 1. The molecule has 2 fully saturated rings.